The number of anilines is 4. The summed E-state index contributed by atoms with van der Waals surface area (Å²) in [7, 11) is 1.71. The van der Waals surface area contributed by atoms with Gasteiger partial charge < -0.3 is 29.7 Å². The summed E-state index contributed by atoms with van der Waals surface area (Å²) in [4.78, 5) is 21.2. The van der Waals surface area contributed by atoms with Crippen LogP contribution in [0.15, 0.2) is 48.9 Å². The number of halogens is 3. The van der Waals surface area contributed by atoms with Crippen molar-refractivity contribution in [3.8, 4) is 16.9 Å². The SMILES string of the molecule is CCOP1Cc2ccc(c(OC)c2)Nc2ncc(C(F)(F)F)c(n2)Nc2ccc(c(C)c2C(=O)NC)-c2cnn(c2)CCCO1. The van der Waals surface area contributed by atoms with Gasteiger partial charge in [0.2, 0.25) is 5.95 Å². The lowest BCUT2D eigenvalue weighted by Crippen LogP contribution is -2.21. The van der Waals surface area contributed by atoms with Gasteiger partial charge in [-0.05, 0) is 55.2 Å². The Morgan fingerprint density at radius 3 is 2.71 bits per heavy atom. The minimum atomic E-state index is -4.77. The fourth-order valence-electron chi connectivity index (χ4n) is 4.92. The van der Waals surface area contributed by atoms with Crippen LogP contribution in [-0.2, 0) is 27.9 Å². The van der Waals surface area contributed by atoms with Gasteiger partial charge in [0.05, 0.1) is 43.5 Å². The van der Waals surface area contributed by atoms with E-state index in [2.05, 4.69) is 31.0 Å². The second-order valence-corrected chi connectivity index (χ2v) is 11.6. The molecule has 8 bridgehead atoms. The molecular weight excluding hydrogens is 610 g/mol. The molecule has 1 atom stereocenters. The van der Waals surface area contributed by atoms with E-state index in [1.54, 1.807) is 42.1 Å². The molecule has 0 spiro atoms. The molecule has 0 saturated heterocycles. The van der Waals surface area contributed by atoms with E-state index < -0.39 is 31.8 Å². The Morgan fingerprint density at radius 1 is 1.18 bits per heavy atom. The summed E-state index contributed by atoms with van der Waals surface area (Å²) in [6, 6.07) is 8.67. The number of methoxy groups -OCH3 is 1. The first kappa shape index (κ1) is 32.1. The average molecular weight is 644 g/mol. The third-order valence-electron chi connectivity index (χ3n) is 7.07. The summed E-state index contributed by atoms with van der Waals surface area (Å²) in [6.07, 6.45) is 0.663. The van der Waals surface area contributed by atoms with Crippen LogP contribution in [0.4, 0.5) is 36.3 Å². The second kappa shape index (κ2) is 13.8. The lowest BCUT2D eigenvalue weighted by molar-refractivity contribution is -0.137. The van der Waals surface area contributed by atoms with Gasteiger partial charge in [0.15, 0.2) is 8.38 Å². The molecule has 4 aliphatic heterocycles. The van der Waals surface area contributed by atoms with Crippen LogP contribution in [0.5, 0.6) is 5.75 Å². The molecule has 11 nitrogen and oxygen atoms in total. The summed E-state index contributed by atoms with van der Waals surface area (Å²) in [6.45, 7) is 5.18. The van der Waals surface area contributed by atoms with Crippen LogP contribution in [0.1, 0.15) is 40.4 Å². The fraction of sp³-hybridized carbons (Fsp3) is 0.333. The quantitative estimate of drug-likeness (QED) is 0.206. The van der Waals surface area contributed by atoms with Gasteiger partial charge in [0.1, 0.15) is 17.1 Å². The zero-order valence-corrected chi connectivity index (χ0v) is 26.1. The highest BCUT2D eigenvalue weighted by Crippen LogP contribution is 2.44. The molecule has 15 heteroatoms. The lowest BCUT2D eigenvalue weighted by Gasteiger charge is -2.20. The van der Waals surface area contributed by atoms with Crippen molar-refractivity contribution >= 4 is 37.4 Å². The van der Waals surface area contributed by atoms with E-state index in [0.29, 0.717) is 61.1 Å². The summed E-state index contributed by atoms with van der Waals surface area (Å²) in [5, 5.41) is 12.8. The molecular formula is C30H33F3N7O4P. The fourth-order valence-corrected chi connectivity index (χ4v) is 6.29. The maximum atomic E-state index is 14.1. The van der Waals surface area contributed by atoms with Crippen LogP contribution in [0, 0.1) is 6.92 Å². The smallest absolute Gasteiger partial charge is 0.421 e. The second-order valence-electron chi connectivity index (χ2n) is 10.1. The molecule has 0 aliphatic carbocycles. The third-order valence-corrected chi connectivity index (χ3v) is 8.71. The Kier molecular flexibility index (Phi) is 9.86. The van der Waals surface area contributed by atoms with Crippen molar-refractivity contribution in [3.05, 3.63) is 71.2 Å². The molecule has 2 aromatic carbocycles. The lowest BCUT2D eigenvalue weighted by atomic mass is 9.96. The van der Waals surface area contributed by atoms with Crippen molar-refractivity contribution in [2.24, 2.45) is 0 Å². The molecule has 238 valence electrons. The number of alkyl halides is 3. The molecule has 1 unspecified atom stereocenters. The molecule has 0 radical (unpaired) electrons. The Balaban J connectivity index is 1.63. The third kappa shape index (κ3) is 7.35. The highest BCUT2D eigenvalue weighted by atomic mass is 31.2. The zero-order chi connectivity index (χ0) is 32.1. The van der Waals surface area contributed by atoms with Gasteiger partial charge >= 0.3 is 6.18 Å². The maximum absolute atomic E-state index is 14.1. The number of hydrogen-bond donors (Lipinski definition) is 3. The first-order chi connectivity index (χ1) is 21.6. The molecule has 4 aliphatic rings. The van der Waals surface area contributed by atoms with Crippen LogP contribution in [0.25, 0.3) is 11.1 Å². The number of aryl methyl sites for hydroxylation is 1. The number of hydrogen-bond acceptors (Lipinski definition) is 9. The topological polar surface area (TPSA) is 124 Å². The van der Waals surface area contributed by atoms with E-state index in [1.165, 1.54) is 14.2 Å². The Bertz CT molecular complexity index is 1680. The molecule has 0 fully saturated rings. The minimum absolute atomic E-state index is 0.110. The Labute approximate surface area is 259 Å². The number of carbonyl (C=O) groups excluding carboxylic acids is 1. The molecule has 8 rings (SSSR count). The first-order valence-corrected chi connectivity index (χ1v) is 15.5. The van der Waals surface area contributed by atoms with Gasteiger partial charge in [-0.3, -0.25) is 9.48 Å². The summed E-state index contributed by atoms with van der Waals surface area (Å²) < 4.78 is 61.7. The molecule has 0 saturated carbocycles. The van der Waals surface area contributed by atoms with Crippen LogP contribution in [-0.4, -0.2) is 53.0 Å². The highest BCUT2D eigenvalue weighted by molar-refractivity contribution is 7.46. The van der Waals surface area contributed by atoms with Gasteiger partial charge in [0.25, 0.3) is 5.91 Å². The predicted octanol–water partition coefficient (Wildman–Crippen LogP) is 6.79. The predicted molar refractivity (Wildman–Crippen MR) is 165 cm³/mol. The van der Waals surface area contributed by atoms with Crippen molar-refractivity contribution in [2.75, 3.05) is 38.0 Å². The molecule has 4 aromatic rings. The van der Waals surface area contributed by atoms with Crippen LogP contribution < -0.4 is 20.7 Å². The van der Waals surface area contributed by atoms with E-state index in [-0.39, 0.29) is 17.2 Å². The van der Waals surface area contributed by atoms with Crippen molar-refractivity contribution in [1.29, 1.82) is 0 Å². The molecule has 2 aromatic heterocycles. The normalized spacial score (nSPS) is 15.4. The average Bonchev–Trinajstić information content (AvgIpc) is 3.47. The molecule has 1 amide bonds. The number of rotatable bonds is 4. The van der Waals surface area contributed by atoms with Crippen molar-refractivity contribution in [2.45, 2.75) is 39.2 Å². The standard InChI is InChI=1S/C30H33F3N7O4P/c1-5-43-45-17-19-7-9-23(25(13-19)42-4)38-29-35-15-22(30(31,32)33)27(39-29)37-24-10-8-21(18(2)26(24)28(41)34-3)20-14-36-40(16-20)11-6-12-44-45/h7-10,13-16H,5-6,11-12,17H2,1-4H3,(H,34,41)(H2,35,37,38,39). The van der Waals surface area contributed by atoms with E-state index in [4.69, 9.17) is 13.8 Å². The number of amides is 1. The maximum Gasteiger partial charge on any atom is 0.421 e. The minimum Gasteiger partial charge on any atom is -0.495 e. The van der Waals surface area contributed by atoms with Gasteiger partial charge in [-0.1, -0.05) is 12.1 Å². The van der Waals surface area contributed by atoms with Crippen molar-refractivity contribution in [1.82, 2.24) is 25.1 Å². The van der Waals surface area contributed by atoms with Crippen LogP contribution >= 0.6 is 8.38 Å². The first-order valence-electron chi connectivity index (χ1n) is 14.2. The number of ether oxygens (including phenoxy) is 1. The number of nitrogens with zero attached hydrogens (tertiary/aromatic N) is 4. The Morgan fingerprint density at radius 2 is 1.98 bits per heavy atom. The van der Waals surface area contributed by atoms with Gasteiger partial charge in [0, 0.05) is 37.7 Å². The zero-order valence-electron chi connectivity index (χ0n) is 25.2. The van der Waals surface area contributed by atoms with Crippen molar-refractivity contribution < 1.29 is 31.8 Å². The molecule has 6 heterocycles. The van der Waals surface area contributed by atoms with Gasteiger partial charge in [-0.2, -0.15) is 23.3 Å². The highest BCUT2D eigenvalue weighted by Gasteiger charge is 2.36. The summed E-state index contributed by atoms with van der Waals surface area (Å²) in [5.41, 5.74) is 2.57. The molecule has 3 N–H and O–H groups in total. The largest absolute Gasteiger partial charge is 0.495 e. The van der Waals surface area contributed by atoms with Crippen LogP contribution in [0.2, 0.25) is 0 Å². The molecule has 45 heavy (non-hydrogen) atoms. The van der Waals surface area contributed by atoms with E-state index >= 15 is 0 Å². The van der Waals surface area contributed by atoms with Crippen molar-refractivity contribution in [3.63, 3.8) is 0 Å². The monoisotopic (exact) mass is 643 g/mol. The van der Waals surface area contributed by atoms with E-state index in [1.807, 2.05) is 19.2 Å². The van der Waals surface area contributed by atoms with E-state index in [0.717, 1.165) is 11.1 Å². The summed E-state index contributed by atoms with van der Waals surface area (Å²) >= 11 is 0. The van der Waals surface area contributed by atoms with Crippen LogP contribution in [0.3, 0.4) is 0 Å². The number of carbonyl (C=O) groups is 1. The summed E-state index contributed by atoms with van der Waals surface area (Å²) in [5.74, 6) is -0.683. The number of nitrogens with one attached hydrogen (secondary N) is 3. The number of aromatic nitrogens is 4. The Hall–Kier alpha value is -4.26. The van der Waals surface area contributed by atoms with E-state index in [9.17, 15) is 18.0 Å². The number of benzene rings is 2. The van der Waals surface area contributed by atoms with Gasteiger partial charge in [-0.25, -0.2) is 4.98 Å². The van der Waals surface area contributed by atoms with Gasteiger partial charge in [-0.15, -0.1) is 0 Å².